The molecule has 0 amide bonds. The highest BCUT2D eigenvalue weighted by molar-refractivity contribution is 7.99. The fourth-order valence-corrected chi connectivity index (χ4v) is 8.86. The van der Waals surface area contributed by atoms with Crippen LogP contribution >= 0.6 is 11.8 Å². The van der Waals surface area contributed by atoms with Gasteiger partial charge in [0, 0.05) is 11.3 Å². The van der Waals surface area contributed by atoms with Crippen LogP contribution in [0.15, 0.2) is 157 Å². The molecule has 0 spiro atoms. The Labute approximate surface area is 389 Å². The molecule has 10 atom stereocenters. The van der Waals surface area contributed by atoms with E-state index >= 15 is 0 Å². The molecule has 0 unspecified atom stereocenters. The van der Waals surface area contributed by atoms with Gasteiger partial charge in [0.15, 0.2) is 18.5 Å². The Bertz CT molecular complexity index is 2220. The van der Waals surface area contributed by atoms with Crippen LogP contribution in [0, 0.1) is 0 Å². The summed E-state index contributed by atoms with van der Waals surface area (Å²) in [6.07, 6.45) is -11.1. The molecule has 5 aromatic rings. The van der Waals surface area contributed by atoms with Crippen LogP contribution in [0.25, 0.3) is 0 Å². The maximum Gasteiger partial charge on any atom is 0.339 e. The summed E-state index contributed by atoms with van der Waals surface area (Å²) in [5, 5.41) is 11.2. The number of ketones is 1. The number of benzene rings is 5. The zero-order valence-corrected chi connectivity index (χ0v) is 37.7. The molecule has 0 bridgehead atoms. The van der Waals surface area contributed by atoms with Gasteiger partial charge < -0.3 is 52.5 Å². The van der Waals surface area contributed by atoms with Gasteiger partial charge in [-0.3, -0.25) is 4.79 Å². The van der Waals surface area contributed by atoms with E-state index in [0.717, 1.165) is 27.1 Å². The van der Waals surface area contributed by atoms with Crippen LogP contribution in [-0.2, 0) is 83.4 Å². The molecule has 14 heteroatoms. The lowest BCUT2D eigenvalue weighted by Crippen LogP contribution is -2.66. The van der Waals surface area contributed by atoms with Crippen molar-refractivity contribution in [1.82, 2.24) is 0 Å². The minimum atomic E-state index is -1.59. The van der Waals surface area contributed by atoms with Crippen molar-refractivity contribution in [3.63, 3.8) is 0 Å². The standard InChI is InChI=1S/C52H56O13S/c1-35(54)28-29-42(55)63-46-45(59-32-37-20-10-4-11-21-37)48(60-33-38-22-12-5-13-23-38)51(65-47(46)50(56)57-2)64-43-41(30-53)62-52(66-40-26-16-7-17-27-40)49(61-34-39-24-14-6-15-25-39)44(43)58-31-36-18-8-3-9-19-36/h3-27,41,43-49,51-53H,28-34H2,1-2H3/t41-,43-,44+,45+,46+,47+,48-,49-,51-,52+/m1/s1. The maximum atomic E-state index is 13.8. The predicted octanol–water partition coefficient (Wildman–Crippen LogP) is 7.40. The van der Waals surface area contributed by atoms with E-state index in [2.05, 4.69) is 0 Å². The Morgan fingerprint density at radius 3 is 1.44 bits per heavy atom. The minimum absolute atomic E-state index is 0.0151. The van der Waals surface area contributed by atoms with E-state index in [0.29, 0.717) is 0 Å². The Morgan fingerprint density at radius 2 is 0.985 bits per heavy atom. The molecule has 2 aliphatic rings. The zero-order chi connectivity index (χ0) is 46.1. The van der Waals surface area contributed by atoms with Gasteiger partial charge in [-0.1, -0.05) is 151 Å². The number of aliphatic hydroxyl groups excluding tert-OH is 1. The largest absolute Gasteiger partial charge is 0.467 e. The molecule has 0 radical (unpaired) electrons. The van der Waals surface area contributed by atoms with Crippen molar-refractivity contribution in [1.29, 1.82) is 0 Å². The Kier molecular flexibility index (Phi) is 18.5. The lowest BCUT2D eigenvalue weighted by Gasteiger charge is -2.49. The van der Waals surface area contributed by atoms with Gasteiger partial charge in [-0.05, 0) is 41.3 Å². The van der Waals surface area contributed by atoms with Crippen molar-refractivity contribution < 1.29 is 62.1 Å². The van der Waals surface area contributed by atoms with Crippen molar-refractivity contribution in [3.8, 4) is 0 Å². The normalized spacial score (nSPS) is 25.1. The summed E-state index contributed by atoms with van der Waals surface area (Å²) < 4.78 is 58.7. The number of thioether (sulfide) groups is 1. The first-order chi connectivity index (χ1) is 32.3. The Hall–Kier alpha value is -5.26. The van der Waals surface area contributed by atoms with Crippen LogP contribution in [0.5, 0.6) is 0 Å². The van der Waals surface area contributed by atoms with Crippen LogP contribution in [-0.4, -0.2) is 97.1 Å². The quantitative estimate of drug-likeness (QED) is 0.0686. The first-order valence-electron chi connectivity index (χ1n) is 22.0. The number of esters is 2. The van der Waals surface area contributed by atoms with Crippen molar-refractivity contribution in [3.05, 3.63) is 174 Å². The molecule has 1 N–H and O–H groups in total. The fraction of sp³-hybridized carbons (Fsp3) is 0.365. The van der Waals surface area contributed by atoms with Crippen molar-refractivity contribution in [2.45, 2.75) is 112 Å². The minimum Gasteiger partial charge on any atom is -0.467 e. The highest BCUT2D eigenvalue weighted by atomic mass is 32.2. The summed E-state index contributed by atoms with van der Waals surface area (Å²) in [5.74, 6) is -1.84. The van der Waals surface area contributed by atoms with Gasteiger partial charge in [0.1, 0.15) is 47.8 Å². The summed E-state index contributed by atoms with van der Waals surface area (Å²) in [6, 6.07) is 47.8. The molecule has 5 aromatic carbocycles. The van der Waals surface area contributed by atoms with Gasteiger partial charge in [0.25, 0.3) is 0 Å². The number of rotatable bonds is 22. The summed E-state index contributed by atoms with van der Waals surface area (Å²) in [6.45, 7) is 1.26. The Morgan fingerprint density at radius 1 is 0.545 bits per heavy atom. The predicted molar refractivity (Wildman–Crippen MR) is 243 cm³/mol. The molecular weight excluding hydrogens is 865 g/mol. The van der Waals surface area contributed by atoms with Crippen molar-refractivity contribution in [2.75, 3.05) is 13.7 Å². The van der Waals surface area contributed by atoms with Crippen LogP contribution in [0.1, 0.15) is 42.0 Å². The number of hydrogen-bond donors (Lipinski definition) is 1. The van der Waals surface area contributed by atoms with E-state index in [1.54, 1.807) is 0 Å². The van der Waals surface area contributed by atoms with Gasteiger partial charge in [-0.2, -0.15) is 0 Å². The van der Waals surface area contributed by atoms with Crippen LogP contribution in [0.4, 0.5) is 0 Å². The number of carbonyl (C=O) groups is 3. The molecule has 66 heavy (non-hydrogen) atoms. The maximum absolute atomic E-state index is 13.8. The fourth-order valence-electron chi connectivity index (χ4n) is 7.71. The van der Waals surface area contributed by atoms with Crippen LogP contribution in [0.3, 0.4) is 0 Å². The lowest BCUT2D eigenvalue weighted by atomic mass is 9.96. The van der Waals surface area contributed by atoms with E-state index in [4.69, 9.17) is 42.6 Å². The van der Waals surface area contributed by atoms with E-state index < -0.39 is 79.1 Å². The third kappa shape index (κ3) is 13.7. The van der Waals surface area contributed by atoms with Gasteiger partial charge in [0.05, 0.1) is 46.6 Å². The first-order valence-corrected chi connectivity index (χ1v) is 22.9. The SMILES string of the molecule is COC(=O)[C@H]1O[C@@H](O[C@H]2[C@H](OCc3ccccc3)[C@@H](OCc3ccccc3)[C@H](Sc3ccccc3)O[C@@H]2CO)[C@H](OCc2ccccc2)[C@@H](OCc2ccccc2)[C@@H]1OC(=O)CCC(C)=O. The summed E-state index contributed by atoms with van der Waals surface area (Å²) in [4.78, 5) is 40.1. The molecule has 13 nitrogen and oxygen atoms in total. The second-order valence-corrected chi connectivity index (χ2v) is 17.1. The van der Waals surface area contributed by atoms with E-state index in [9.17, 15) is 19.5 Å². The van der Waals surface area contributed by atoms with Gasteiger partial charge >= 0.3 is 11.9 Å². The molecular formula is C52H56O13S. The number of hydrogen-bond acceptors (Lipinski definition) is 14. The molecule has 2 heterocycles. The number of methoxy groups -OCH3 is 1. The molecule has 0 aromatic heterocycles. The average Bonchev–Trinajstić information content (AvgIpc) is 3.35. The summed E-state index contributed by atoms with van der Waals surface area (Å²) >= 11 is 1.43. The summed E-state index contributed by atoms with van der Waals surface area (Å²) in [5.41, 5.74) is 2.68. The smallest absolute Gasteiger partial charge is 0.339 e. The highest BCUT2D eigenvalue weighted by Crippen LogP contribution is 2.40. The second kappa shape index (κ2) is 25.0. The topological polar surface area (TPSA) is 155 Å². The van der Waals surface area contributed by atoms with Gasteiger partial charge in [-0.15, -0.1) is 0 Å². The van der Waals surface area contributed by atoms with Crippen molar-refractivity contribution in [2.24, 2.45) is 0 Å². The van der Waals surface area contributed by atoms with E-state index in [1.807, 2.05) is 152 Å². The van der Waals surface area contributed by atoms with E-state index in [1.165, 1.54) is 25.8 Å². The third-order valence-corrected chi connectivity index (χ3v) is 12.2. The number of carbonyl (C=O) groups excluding carboxylic acids is 3. The average molecular weight is 921 g/mol. The Balaban J connectivity index is 1.30. The van der Waals surface area contributed by atoms with Gasteiger partial charge in [0.2, 0.25) is 0 Å². The molecule has 7 rings (SSSR count). The zero-order valence-electron chi connectivity index (χ0n) is 36.9. The van der Waals surface area contributed by atoms with Crippen LogP contribution in [0.2, 0.25) is 0 Å². The molecule has 0 aliphatic carbocycles. The molecule has 0 saturated carbocycles. The van der Waals surface area contributed by atoms with E-state index in [-0.39, 0.29) is 45.1 Å². The third-order valence-electron chi connectivity index (χ3n) is 11.1. The first kappa shape index (κ1) is 48.7. The highest BCUT2D eigenvalue weighted by Gasteiger charge is 2.56. The molecule has 2 fully saturated rings. The number of ether oxygens (including phenoxy) is 9. The van der Waals surface area contributed by atoms with Crippen LogP contribution < -0.4 is 0 Å². The number of aliphatic hydroxyl groups is 1. The molecule has 2 saturated heterocycles. The van der Waals surface area contributed by atoms with Gasteiger partial charge in [-0.25, -0.2) is 4.79 Å². The number of Topliss-reactive ketones (excluding diaryl/α,β-unsaturated/α-hetero) is 1. The van der Waals surface area contributed by atoms with Crippen molar-refractivity contribution >= 4 is 29.5 Å². The summed E-state index contributed by atoms with van der Waals surface area (Å²) in [7, 11) is 1.19. The molecule has 348 valence electrons. The monoisotopic (exact) mass is 920 g/mol. The second-order valence-electron chi connectivity index (χ2n) is 15.9. The lowest BCUT2D eigenvalue weighted by molar-refractivity contribution is -0.350. The molecule has 2 aliphatic heterocycles.